The zero-order chi connectivity index (χ0) is 23.6. The second-order valence-electron chi connectivity index (χ2n) is 9.10. The van der Waals surface area contributed by atoms with E-state index in [0.717, 1.165) is 16.8 Å². The van der Waals surface area contributed by atoms with E-state index in [-0.39, 0.29) is 17.1 Å². The Balaban J connectivity index is 1.52. The van der Waals surface area contributed by atoms with Crippen LogP contribution in [0.1, 0.15) is 27.7 Å². The monoisotopic (exact) mass is 441 g/mol. The third-order valence-corrected chi connectivity index (χ3v) is 5.70. The predicted octanol–water partition coefficient (Wildman–Crippen LogP) is 5.07. The summed E-state index contributed by atoms with van der Waals surface area (Å²) in [5, 5.41) is 9.36. The highest BCUT2D eigenvalue weighted by molar-refractivity contribution is 5.78. The highest BCUT2D eigenvalue weighted by Gasteiger charge is 2.27. The predicted molar refractivity (Wildman–Crippen MR) is 134 cm³/mol. The van der Waals surface area contributed by atoms with Crippen LogP contribution in [0.3, 0.4) is 0 Å². The molecule has 1 heterocycles. The summed E-state index contributed by atoms with van der Waals surface area (Å²) in [5.74, 6) is 0.798. The second-order valence-corrected chi connectivity index (χ2v) is 9.10. The van der Waals surface area contributed by atoms with E-state index in [1.165, 1.54) is 0 Å². The van der Waals surface area contributed by atoms with Gasteiger partial charge in [0.05, 0.1) is 0 Å². The minimum absolute atomic E-state index is 0.000804. The first-order chi connectivity index (χ1) is 15.7. The highest BCUT2D eigenvalue weighted by Crippen LogP contribution is 2.27. The van der Waals surface area contributed by atoms with Crippen LogP contribution in [-0.4, -0.2) is 16.0 Å². The summed E-state index contributed by atoms with van der Waals surface area (Å²) >= 11 is 0. The lowest BCUT2D eigenvalue weighted by atomic mass is 9.87. The normalized spacial score (nSPS) is 12.4. The van der Waals surface area contributed by atoms with Crippen molar-refractivity contribution in [1.82, 2.24) is 9.97 Å². The number of aromatic nitrogens is 2. The van der Waals surface area contributed by atoms with Crippen LogP contribution in [0.2, 0.25) is 0 Å². The molecule has 1 atom stereocenters. The van der Waals surface area contributed by atoms with Gasteiger partial charge in [-0.2, -0.15) is 4.98 Å². The number of hydrogen-bond donors (Lipinski definition) is 3. The van der Waals surface area contributed by atoms with E-state index in [1.54, 1.807) is 12.3 Å². The first-order valence-electron chi connectivity index (χ1n) is 10.8. The quantitative estimate of drug-likeness (QED) is 0.344. The molecule has 0 aliphatic carbocycles. The number of nitrogens with one attached hydrogen (secondary N) is 3. The van der Waals surface area contributed by atoms with Crippen molar-refractivity contribution in [3.8, 4) is 11.1 Å². The minimum Gasteiger partial charge on any atom is -0.377 e. The molecule has 0 spiro atoms. The molecule has 7 nitrogen and oxygen atoms in total. The zero-order valence-electron chi connectivity index (χ0n) is 19.1. The average Bonchev–Trinajstić information content (AvgIpc) is 2.81. The van der Waals surface area contributed by atoms with E-state index in [9.17, 15) is 9.59 Å². The van der Waals surface area contributed by atoms with Crippen molar-refractivity contribution in [2.75, 3.05) is 16.0 Å². The summed E-state index contributed by atoms with van der Waals surface area (Å²) in [6.07, 6.45) is 1.59. The van der Waals surface area contributed by atoms with E-state index >= 15 is 0 Å². The Morgan fingerprint density at radius 1 is 0.818 bits per heavy atom. The molecule has 0 aliphatic heterocycles. The molecule has 0 aliphatic rings. The molecule has 4 rings (SSSR count). The maximum atomic E-state index is 12.2. The fourth-order valence-corrected chi connectivity index (χ4v) is 3.23. The van der Waals surface area contributed by atoms with Gasteiger partial charge in [0, 0.05) is 17.9 Å². The number of hydrogen-bond acceptors (Lipinski definition) is 7. The lowest BCUT2D eigenvalue weighted by Crippen LogP contribution is -2.41. The Morgan fingerprint density at radius 2 is 1.52 bits per heavy atom. The molecule has 0 amide bonds. The van der Waals surface area contributed by atoms with E-state index in [2.05, 4.69) is 58.8 Å². The number of benzene rings is 2. The SMILES string of the molecule is CC(Nc1c(Nc2ccnc(Nc3cccc(-c4ccccc4)c3)n2)c(=O)c1=O)C(C)(C)C. The topological polar surface area (TPSA) is 96.0 Å². The summed E-state index contributed by atoms with van der Waals surface area (Å²) in [4.78, 5) is 33.0. The van der Waals surface area contributed by atoms with Crippen molar-refractivity contribution < 1.29 is 0 Å². The third-order valence-electron chi connectivity index (χ3n) is 5.70. The van der Waals surface area contributed by atoms with Crippen molar-refractivity contribution >= 4 is 28.8 Å². The molecule has 0 fully saturated rings. The van der Waals surface area contributed by atoms with E-state index < -0.39 is 10.9 Å². The van der Waals surface area contributed by atoms with E-state index in [4.69, 9.17) is 0 Å². The average molecular weight is 442 g/mol. The minimum atomic E-state index is -0.553. The molecule has 0 saturated carbocycles. The molecule has 3 aromatic carbocycles. The van der Waals surface area contributed by atoms with Crippen molar-refractivity contribution in [3.05, 3.63) is 87.3 Å². The van der Waals surface area contributed by atoms with Crippen molar-refractivity contribution in [2.24, 2.45) is 5.41 Å². The Labute approximate surface area is 192 Å². The van der Waals surface area contributed by atoms with E-state index in [1.807, 2.05) is 49.4 Å². The van der Waals surface area contributed by atoms with Gasteiger partial charge in [-0.05, 0) is 41.7 Å². The highest BCUT2D eigenvalue weighted by atomic mass is 16.2. The smallest absolute Gasteiger partial charge is 0.253 e. The lowest BCUT2D eigenvalue weighted by molar-refractivity contribution is 0.359. The number of rotatable bonds is 7. The first-order valence-corrected chi connectivity index (χ1v) is 10.8. The van der Waals surface area contributed by atoms with Gasteiger partial charge >= 0.3 is 0 Å². The van der Waals surface area contributed by atoms with Gasteiger partial charge < -0.3 is 16.0 Å². The summed E-state index contributed by atoms with van der Waals surface area (Å²) in [5.41, 5.74) is 2.41. The van der Waals surface area contributed by atoms with Crippen LogP contribution in [0.5, 0.6) is 0 Å². The van der Waals surface area contributed by atoms with Gasteiger partial charge in [0.15, 0.2) is 0 Å². The fraction of sp³-hybridized carbons (Fsp3) is 0.231. The van der Waals surface area contributed by atoms with Crippen LogP contribution in [0.4, 0.5) is 28.8 Å². The van der Waals surface area contributed by atoms with Crippen LogP contribution in [-0.2, 0) is 0 Å². The molecular weight excluding hydrogens is 414 g/mol. The number of nitrogens with zero attached hydrogens (tertiary/aromatic N) is 2. The Bertz CT molecular complexity index is 1340. The summed E-state index contributed by atoms with van der Waals surface area (Å²) in [6, 6.07) is 19.7. The molecule has 0 radical (unpaired) electrons. The van der Waals surface area contributed by atoms with Gasteiger partial charge in [-0.25, -0.2) is 4.98 Å². The maximum absolute atomic E-state index is 12.2. The largest absolute Gasteiger partial charge is 0.377 e. The molecule has 1 aromatic heterocycles. The van der Waals surface area contributed by atoms with Crippen LogP contribution in [0, 0.1) is 5.41 Å². The van der Waals surface area contributed by atoms with Crippen molar-refractivity contribution in [1.29, 1.82) is 0 Å². The standard InChI is InChI=1S/C26H27N5O2/c1-16(26(2,3)4)28-21-22(24(33)23(21)32)30-20-13-14-27-25(31-20)29-19-12-8-11-18(15-19)17-9-6-5-7-10-17/h5-16,28H,1-4H3,(H2,27,29,30,31). The lowest BCUT2D eigenvalue weighted by Gasteiger charge is -2.30. The molecule has 7 heteroatoms. The zero-order valence-corrected chi connectivity index (χ0v) is 19.1. The Morgan fingerprint density at radius 3 is 2.24 bits per heavy atom. The first kappa shape index (κ1) is 22.2. The molecule has 168 valence electrons. The number of anilines is 5. The van der Waals surface area contributed by atoms with Gasteiger partial charge in [0.2, 0.25) is 5.95 Å². The van der Waals surface area contributed by atoms with Crippen molar-refractivity contribution in [3.63, 3.8) is 0 Å². The second kappa shape index (κ2) is 8.86. The fourth-order valence-electron chi connectivity index (χ4n) is 3.23. The molecule has 1 unspecified atom stereocenters. The van der Waals surface area contributed by atoms with Crippen molar-refractivity contribution in [2.45, 2.75) is 33.7 Å². The molecular formula is C26H27N5O2. The Hall–Kier alpha value is -4.00. The van der Waals surface area contributed by atoms with Gasteiger partial charge in [0.25, 0.3) is 10.9 Å². The van der Waals surface area contributed by atoms with Crippen LogP contribution < -0.4 is 26.8 Å². The summed E-state index contributed by atoms with van der Waals surface area (Å²) in [6.45, 7) is 8.19. The molecule has 33 heavy (non-hydrogen) atoms. The molecule has 3 N–H and O–H groups in total. The summed E-state index contributed by atoms with van der Waals surface area (Å²) < 4.78 is 0. The molecule has 4 aromatic rings. The van der Waals surface area contributed by atoms with Gasteiger partial charge in [0.1, 0.15) is 17.2 Å². The van der Waals surface area contributed by atoms with Crippen LogP contribution in [0.15, 0.2) is 76.4 Å². The van der Waals surface area contributed by atoms with E-state index in [0.29, 0.717) is 17.5 Å². The van der Waals surface area contributed by atoms with Crippen LogP contribution in [0.25, 0.3) is 11.1 Å². The maximum Gasteiger partial charge on any atom is 0.253 e. The van der Waals surface area contributed by atoms with Gasteiger partial charge in [-0.1, -0.05) is 63.2 Å². The third kappa shape index (κ3) is 4.92. The van der Waals surface area contributed by atoms with Gasteiger partial charge in [-0.15, -0.1) is 0 Å². The summed E-state index contributed by atoms with van der Waals surface area (Å²) in [7, 11) is 0. The molecule has 0 bridgehead atoms. The van der Waals surface area contributed by atoms with Crippen LogP contribution >= 0.6 is 0 Å². The van der Waals surface area contributed by atoms with Gasteiger partial charge in [-0.3, -0.25) is 9.59 Å². The Kier molecular flexibility index (Phi) is 5.96. The molecule has 0 saturated heterocycles.